The number of methoxy groups -OCH3 is 1. The number of nitrogens with one attached hydrogen (secondary N) is 2. The van der Waals surface area contributed by atoms with Gasteiger partial charge in [-0.05, 0) is 53.8 Å². The summed E-state index contributed by atoms with van der Waals surface area (Å²) in [5.74, 6) is -0.490. The molecule has 0 radical (unpaired) electrons. The molecule has 0 fully saturated rings. The molecule has 0 aliphatic carbocycles. The molecule has 1 atom stereocenters. The minimum Gasteiger partial charge on any atom is -0.496 e. The van der Waals surface area contributed by atoms with E-state index in [1.165, 1.54) is 11.3 Å². The summed E-state index contributed by atoms with van der Waals surface area (Å²) in [6.45, 7) is 1.54. The van der Waals surface area contributed by atoms with E-state index in [2.05, 4.69) is 62.9 Å². The van der Waals surface area contributed by atoms with E-state index in [1.54, 1.807) is 7.11 Å². The molecule has 3 aromatic rings. The number of nitrogens with zero attached hydrogens (tertiary/aromatic N) is 2. The summed E-state index contributed by atoms with van der Waals surface area (Å²) in [4.78, 5) is 29.6. The lowest BCUT2D eigenvalue weighted by Crippen LogP contribution is -2.44. The van der Waals surface area contributed by atoms with Crippen molar-refractivity contribution in [2.24, 2.45) is 0 Å². The molecule has 1 aliphatic heterocycles. The molecule has 0 spiro atoms. The van der Waals surface area contributed by atoms with Crippen LogP contribution < -0.4 is 25.2 Å². The Morgan fingerprint density at radius 3 is 2.39 bits per heavy atom. The highest BCUT2D eigenvalue weighted by atomic mass is 16.5. The summed E-state index contributed by atoms with van der Waals surface area (Å²) in [5.41, 5.74) is 5.66. The van der Waals surface area contributed by atoms with Gasteiger partial charge in [-0.1, -0.05) is 48.5 Å². The van der Waals surface area contributed by atoms with E-state index in [1.807, 2.05) is 44.4 Å². The molecule has 2 amide bonds. The van der Waals surface area contributed by atoms with Crippen molar-refractivity contribution in [3.8, 4) is 5.75 Å². The number of benzene rings is 3. The SMILES string of the molecule is COc1ccccc1CCNC(=O)C(=O)NCC(c1ccc(N(C)C)cc1)N1CCc2ccccc21. The van der Waals surface area contributed by atoms with E-state index in [0.29, 0.717) is 19.5 Å². The number of hydrogen-bond donors (Lipinski definition) is 2. The zero-order valence-electron chi connectivity index (χ0n) is 21.2. The Bertz CT molecular complexity index is 1190. The molecule has 188 valence electrons. The van der Waals surface area contributed by atoms with Gasteiger partial charge in [-0.25, -0.2) is 0 Å². The second-order valence-electron chi connectivity index (χ2n) is 9.10. The van der Waals surface area contributed by atoms with Gasteiger partial charge in [-0.2, -0.15) is 0 Å². The molecule has 0 saturated heterocycles. The quantitative estimate of drug-likeness (QED) is 0.454. The van der Waals surface area contributed by atoms with Crippen LogP contribution in [0.25, 0.3) is 0 Å². The first-order chi connectivity index (χ1) is 17.5. The fraction of sp³-hybridized carbons (Fsp3) is 0.310. The lowest BCUT2D eigenvalue weighted by molar-refractivity contribution is -0.139. The summed E-state index contributed by atoms with van der Waals surface area (Å²) in [6.07, 6.45) is 1.54. The smallest absolute Gasteiger partial charge is 0.309 e. The molecule has 0 aromatic heterocycles. The van der Waals surface area contributed by atoms with E-state index in [9.17, 15) is 9.59 Å². The van der Waals surface area contributed by atoms with Gasteiger partial charge < -0.3 is 25.2 Å². The first-order valence-corrected chi connectivity index (χ1v) is 12.3. The van der Waals surface area contributed by atoms with E-state index in [0.717, 1.165) is 35.5 Å². The van der Waals surface area contributed by atoms with Gasteiger partial charge in [0.15, 0.2) is 0 Å². The number of ether oxygens (including phenoxy) is 1. The van der Waals surface area contributed by atoms with Gasteiger partial charge in [0.2, 0.25) is 0 Å². The van der Waals surface area contributed by atoms with Crippen LogP contribution in [0.1, 0.15) is 22.7 Å². The average Bonchev–Trinajstić information content (AvgIpc) is 3.33. The van der Waals surface area contributed by atoms with Crippen LogP contribution in [0.15, 0.2) is 72.8 Å². The zero-order chi connectivity index (χ0) is 25.5. The van der Waals surface area contributed by atoms with E-state index in [-0.39, 0.29) is 6.04 Å². The maximum Gasteiger partial charge on any atom is 0.309 e. The van der Waals surface area contributed by atoms with Gasteiger partial charge in [0.1, 0.15) is 5.75 Å². The standard InChI is InChI=1S/C29H34N4O3/c1-32(2)24-14-12-22(13-15-24)26(33-19-17-21-8-4-6-10-25(21)33)20-31-29(35)28(34)30-18-16-23-9-5-7-11-27(23)36-3/h4-15,26H,16-20H2,1-3H3,(H,30,34)(H,31,35). The second kappa shape index (κ2) is 11.6. The molecular weight excluding hydrogens is 452 g/mol. The van der Waals surface area contributed by atoms with Crippen molar-refractivity contribution in [1.29, 1.82) is 0 Å². The number of anilines is 2. The van der Waals surface area contributed by atoms with E-state index >= 15 is 0 Å². The number of fused-ring (bicyclic) bond motifs is 1. The predicted octanol–water partition coefficient (Wildman–Crippen LogP) is 3.34. The molecule has 2 N–H and O–H groups in total. The van der Waals surface area contributed by atoms with Crippen molar-refractivity contribution in [2.75, 3.05) is 50.6 Å². The molecule has 1 aliphatic rings. The lowest BCUT2D eigenvalue weighted by atomic mass is 10.0. The predicted molar refractivity (Wildman–Crippen MR) is 144 cm³/mol. The van der Waals surface area contributed by atoms with Crippen LogP contribution in [0, 0.1) is 0 Å². The molecule has 0 bridgehead atoms. The van der Waals surface area contributed by atoms with Gasteiger partial charge in [-0.15, -0.1) is 0 Å². The van der Waals surface area contributed by atoms with Gasteiger partial charge in [0, 0.05) is 45.1 Å². The van der Waals surface area contributed by atoms with Gasteiger partial charge in [-0.3, -0.25) is 9.59 Å². The minimum atomic E-state index is -0.631. The molecule has 3 aromatic carbocycles. The molecule has 7 nitrogen and oxygen atoms in total. The Morgan fingerprint density at radius 2 is 1.64 bits per heavy atom. The van der Waals surface area contributed by atoms with Crippen molar-refractivity contribution >= 4 is 23.2 Å². The molecule has 36 heavy (non-hydrogen) atoms. The van der Waals surface area contributed by atoms with Crippen molar-refractivity contribution < 1.29 is 14.3 Å². The fourth-order valence-corrected chi connectivity index (χ4v) is 4.66. The van der Waals surface area contributed by atoms with E-state index in [4.69, 9.17) is 4.74 Å². The highest BCUT2D eigenvalue weighted by Gasteiger charge is 2.28. The van der Waals surface area contributed by atoms with Crippen molar-refractivity contribution in [2.45, 2.75) is 18.9 Å². The van der Waals surface area contributed by atoms with Crippen LogP contribution in [-0.4, -0.2) is 52.7 Å². The van der Waals surface area contributed by atoms with Gasteiger partial charge in [0.25, 0.3) is 0 Å². The summed E-state index contributed by atoms with van der Waals surface area (Å²) >= 11 is 0. The third-order valence-electron chi connectivity index (χ3n) is 6.63. The number of rotatable bonds is 9. The topological polar surface area (TPSA) is 73.9 Å². The Morgan fingerprint density at radius 1 is 0.944 bits per heavy atom. The lowest BCUT2D eigenvalue weighted by Gasteiger charge is -2.31. The Hall–Kier alpha value is -4.00. The van der Waals surface area contributed by atoms with Crippen LogP contribution in [0.3, 0.4) is 0 Å². The first-order valence-electron chi connectivity index (χ1n) is 12.3. The summed E-state index contributed by atoms with van der Waals surface area (Å²) in [6, 6.07) is 24.3. The van der Waals surface area contributed by atoms with Crippen molar-refractivity contribution in [1.82, 2.24) is 10.6 Å². The highest BCUT2D eigenvalue weighted by molar-refractivity contribution is 6.35. The third kappa shape index (κ3) is 5.79. The maximum atomic E-state index is 12.7. The van der Waals surface area contributed by atoms with Crippen LogP contribution in [0.2, 0.25) is 0 Å². The molecular formula is C29H34N4O3. The number of hydrogen-bond acceptors (Lipinski definition) is 5. The number of amides is 2. The highest BCUT2D eigenvalue weighted by Crippen LogP contribution is 2.35. The summed E-state index contributed by atoms with van der Waals surface area (Å²) in [7, 11) is 5.64. The molecule has 4 rings (SSSR count). The van der Waals surface area contributed by atoms with Crippen molar-refractivity contribution in [3.63, 3.8) is 0 Å². The third-order valence-corrected chi connectivity index (χ3v) is 6.63. The van der Waals surface area contributed by atoms with Crippen LogP contribution in [0.5, 0.6) is 5.75 Å². The molecule has 0 saturated carbocycles. The van der Waals surface area contributed by atoms with E-state index < -0.39 is 11.8 Å². The Kier molecular flexibility index (Phi) is 8.10. The summed E-state index contributed by atoms with van der Waals surface area (Å²) < 4.78 is 5.35. The van der Waals surface area contributed by atoms with Crippen LogP contribution in [0.4, 0.5) is 11.4 Å². The second-order valence-corrected chi connectivity index (χ2v) is 9.10. The zero-order valence-corrected chi connectivity index (χ0v) is 21.2. The number of carbonyl (C=O) groups is 2. The first kappa shape index (κ1) is 25.1. The number of para-hydroxylation sites is 2. The molecule has 1 unspecified atom stereocenters. The van der Waals surface area contributed by atoms with Gasteiger partial charge >= 0.3 is 11.8 Å². The largest absolute Gasteiger partial charge is 0.496 e. The monoisotopic (exact) mass is 486 g/mol. The maximum absolute atomic E-state index is 12.7. The normalized spacial score (nSPS) is 13.0. The average molecular weight is 487 g/mol. The van der Waals surface area contributed by atoms with Gasteiger partial charge in [0.05, 0.1) is 13.2 Å². The minimum absolute atomic E-state index is 0.0878. The van der Waals surface area contributed by atoms with Crippen LogP contribution in [-0.2, 0) is 22.4 Å². The van der Waals surface area contributed by atoms with Crippen molar-refractivity contribution in [3.05, 3.63) is 89.5 Å². The molecule has 1 heterocycles. The van der Waals surface area contributed by atoms with Crippen LogP contribution >= 0.6 is 0 Å². The number of carbonyl (C=O) groups excluding carboxylic acids is 2. The fourth-order valence-electron chi connectivity index (χ4n) is 4.66. The summed E-state index contributed by atoms with van der Waals surface area (Å²) in [5, 5.41) is 5.59. The molecule has 7 heteroatoms. The Labute approximate surface area is 213 Å². The Balaban J connectivity index is 1.41.